The molecule has 0 aliphatic carbocycles. The average molecular weight is 441 g/mol. The molecule has 0 fully saturated rings. The molecule has 0 saturated heterocycles. The molecular weight excluding hydrogens is 408 g/mol. The van der Waals surface area contributed by atoms with E-state index < -0.39 is 5.60 Å². The molecule has 0 spiro atoms. The van der Waals surface area contributed by atoms with Gasteiger partial charge in [-0.05, 0) is 36.0 Å². The molecule has 4 rings (SSSR count). The van der Waals surface area contributed by atoms with Gasteiger partial charge in [-0.3, -0.25) is 0 Å². The van der Waals surface area contributed by atoms with Gasteiger partial charge in [0.05, 0.1) is 5.57 Å². The SMILES string of the molecule is CCCC1(Cc2ccccc2)CC(O)=C(C(CCc2ccccc2)c2ccccc2)C(=O)O1. The molecule has 0 bridgehead atoms. The number of benzene rings is 3. The van der Waals surface area contributed by atoms with E-state index in [-0.39, 0.29) is 17.6 Å². The van der Waals surface area contributed by atoms with Crippen LogP contribution in [0.5, 0.6) is 0 Å². The Bertz CT molecular complexity index is 1070. The van der Waals surface area contributed by atoms with Crippen molar-refractivity contribution >= 4 is 5.97 Å². The van der Waals surface area contributed by atoms with E-state index in [4.69, 9.17) is 4.74 Å². The normalized spacial score (nSPS) is 19.2. The summed E-state index contributed by atoms with van der Waals surface area (Å²) in [6.45, 7) is 2.09. The Morgan fingerprint density at radius 1 is 0.879 bits per heavy atom. The standard InChI is InChI=1S/C30H32O3/c1-2-20-30(21-24-14-8-4-9-15-24)22-27(31)28(29(32)33-30)26(25-16-10-5-11-17-25)19-18-23-12-6-3-7-13-23/h3-17,26,31H,2,18-22H2,1H3. The van der Waals surface area contributed by atoms with Crippen molar-refractivity contribution < 1.29 is 14.6 Å². The van der Waals surface area contributed by atoms with Gasteiger partial charge in [0.25, 0.3) is 0 Å². The zero-order valence-electron chi connectivity index (χ0n) is 19.2. The van der Waals surface area contributed by atoms with Gasteiger partial charge in [-0.1, -0.05) is 104 Å². The number of rotatable bonds is 9. The second kappa shape index (κ2) is 10.5. The lowest BCUT2D eigenvalue weighted by molar-refractivity contribution is -0.160. The topological polar surface area (TPSA) is 46.5 Å². The smallest absolute Gasteiger partial charge is 0.338 e. The van der Waals surface area contributed by atoms with Crippen LogP contribution in [0.15, 0.2) is 102 Å². The summed E-state index contributed by atoms with van der Waals surface area (Å²) in [5.74, 6) is -0.419. The quantitative estimate of drug-likeness (QED) is 0.367. The molecule has 3 nitrogen and oxygen atoms in total. The molecule has 3 aromatic carbocycles. The fourth-order valence-corrected chi connectivity index (χ4v) is 5.02. The van der Waals surface area contributed by atoms with Gasteiger partial charge in [0, 0.05) is 18.8 Å². The molecule has 1 aliphatic heterocycles. The third kappa shape index (κ3) is 5.54. The van der Waals surface area contributed by atoms with E-state index in [1.165, 1.54) is 5.56 Å². The fraction of sp³-hybridized carbons (Fsp3) is 0.300. The number of cyclic esters (lactones) is 1. The van der Waals surface area contributed by atoms with Gasteiger partial charge in [-0.2, -0.15) is 0 Å². The molecule has 1 heterocycles. The van der Waals surface area contributed by atoms with E-state index in [0.717, 1.165) is 30.4 Å². The Balaban J connectivity index is 1.65. The van der Waals surface area contributed by atoms with Crippen molar-refractivity contribution in [2.75, 3.05) is 0 Å². The van der Waals surface area contributed by atoms with Crippen molar-refractivity contribution in [2.24, 2.45) is 0 Å². The van der Waals surface area contributed by atoms with Crippen LogP contribution in [0.25, 0.3) is 0 Å². The van der Waals surface area contributed by atoms with Crippen molar-refractivity contribution in [3.8, 4) is 0 Å². The molecule has 3 aromatic rings. The lowest BCUT2D eigenvalue weighted by Crippen LogP contribution is -2.43. The van der Waals surface area contributed by atoms with E-state index >= 15 is 0 Å². The number of esters is 1. The van der Waals surface area contributed by atoms with Crippen molar-refractivity contribution in [3.05, 3.63) is 119 Å². The lowest BCUT2D eigenvalue weighted by atomic mass is 9.79. The van der Waals surface area contributed by atoms with Gasteiger partial charge >= 0.3 is 5.97 Å². The molecule has 2 atom stereocenters. The monoisotopic (exact) mass is 440 g/mol. The van der Waals surface area contributed by atoms with Crippen LogP contribution < -0.4 is 0 Å². The van der Waals surface area contributed by atoms with Crippen molar-refractivity contribution in [3.63, 3.8) is 0 Å². The minimum Gasteiger partial charge on any atom is -0.512 e. The maximum absolute atomic E-state index is 13.5. The minimum atomic E-state index is -0.707. The first kappa shape index (κ1) is 22.8. The van der Waals surface area contributed by atoms with Crippen LogP contribution in [0.3, 0.4) is 0 Å². The van der Waals surface area contributed by atoms with E-state index in [0.29, 0.717) is 24.8 Å². The summed E-state index contributed by atoms with van der Waals surface area (Å²) in [7, 11) is 0. The fourth-order valence-electron chi connectivity index (χ4n) is 5.02. The van der Waals surface area contributed by atoms with Gasteiger partial charge < -0.3 is 9.84 Å². The molecule has 170 valence electrons. The number of aryl methyl sites for hydroxylation is 1. The third-order valence-electron chi connectivity index (χ3n) is 6.52. The largest absolute Gasteiger partial charge is 0.512 e. The first-order chi connectivity index (χ1) is 16.1. The predicted octanol–water partition coefficient (Wildman–Crippen LogP) is 6.94. The number of aliphatic hydroxyl groups is 1. The summed E-state index contributed by atoms with van der Waals surface area (Å²) in [6.07, 6.45) is 4.08. The summed E-state index contributed by atoms with van der Waals surface area (Å²) in [5.41, 5.74) is 3.06. The van der Waals surface area contributed by atoms with Crippen molar-refractivity contribution in [2.45, 2.75) is 57.0 Å². The van der Waals surface area contributed by atoms with Gasteiger partial charge in [0.15, 0.2) is 0 Å². The molecule has 33 heavy (non-hydrogen) atoms. The van der Waals surface area contributed by atoms with Gasteiger partial charge in [0.1, 0.15) is 11.4 Å². The lowest BCUT2D eigenvalue weighted by Gasteiger charge is -2.39. The highest BCUT2D eigenvalue weighted by atomic mass is 16.6. The molecule has 0 aromatic heterocycles. The van der Waals surface area contributed by atoms with Crippen LogP contribution >= 0.6 is 0 Å². The number of ether oxygens (including phenoxy) is 1. The van der Waals surface area contributed by atoms with E-state index in [1.54, 1.807) is 0 Å². The maximum Gasteiger partial charge on any atom is 0.338 e. The second-order valence-electron chi connectivity index (χ2n) is 9.01. The summed E-state index contributed by atoms with van der Waals surface area (Å²) in [4.78, 5) is 13.5. The van der Waals surface area contributed by atoms with Gasteiger partial charge in [-0.25, -0.2) is 4.79 Å². The number of carbonyl (C=O) groups is 1. The molecule has 1 N–H and O–H groups in total. The van der Waals surface area contributed by atoms with Crippen LogP contribution in [-0.2, 0) is 22.4 Å². The van der Waals surface area contributed by atoms with Crippen LogP contribution in [-0.4, -0.2) is 16.7 Å². The van der Waals surface area contributed by atoms with Gasteiger partial charge in [-0.15, -0.1) is 0 Å². The average Bonchev–Trinajstić information content (AvgIpc) is 2.83. The molecule has 1 aliphatic rings. The van der Waals surface area contributed by atoms with Crippen LogP contribution in [0.1, 0.15) is 55.2 Å². The number of aliphatic hydroxyl groups excluding tert-OH is 1. The maximum atomic E-state index is 13.5. The third-order valence-corrected chi connectivity index (χ3v) is 6.52. The Morgan fingerprint density at radius 3 is 2.03 bits per heavy atom. The Hall–Kier alpha value is -3.33. The molecule has 0 saturated carbocycles. The Kier molecular flexibility index (Phi) is 7.29. The summed E-state index contributed by atoms with van der Waals surface area (Å²) in [6, 6.07) is 30.3. The van der Waals surface area contributed by atoms with Crippen molar-refractivity contribution in [1.29, 1.82) is 0 Å². The second-order valence-corrected chi connectivity index (χ2v) is 9.01. The van der Waals surface area contributed by atoms with Crippen molar-refractivity contribution in [1.82, 2.24) is 0 Å². The first-order valence-corrected chi connectivity index (χ1v) is 11.9. The first-order valence-electron chi connectivity index (χ1n) is 11.9. The summed E-state index contributed by atoms with van der Waals surface area (Å²) in [5, 5.41) is 11.3. The highest BCUT2D eigenvalue weighted by Gasteiger charge is 2.43. The van der Waals surface area contributed by atoms with Crippen LogP contribution in [0, 0.1) is 0 Å². The van der Waals surface area contributed by atoms with E-state index in [2.05, 4.69) is 19.1 Å². The molecule has 2 unspecified atom stereocenters. The molecule has 3 heteroatoms. The van der Waals surface area contributed by atoms with E-state index in [9.17, 15) is 9.90 Å². The number of hydrogen-bond donors (Lipinski definition) is 1. The molecule has 0 amide bonds. The highest BCUT2D eigenvalue weighted by molar-refractivity contribution is 5.92. The zero-order chi connectivity index (χ0) is 23.1. The molecule has 0 radical (unpaired) electrons. The Morgan fingerprint density at radius 2 is 1.45 bits per heavy atom. The minimum absolute atomic E-state index is 0.178. The molecular formula is C30H32O3. The number of carbonyl (C=O) groups excluding carboxylic acids is 1. The summed E-state index contributed by atoms with van der Waals surface area (Å²) >= 11 is 0. The number of hydrogen-bond acceptors (Lipinski definition) is 3. The zero-order valence-corrected chi connectivity index (χ0v) is 19.2. The van der Waals surface area contributed by atoms with E-state index in [1.807, 2.05) is 78.9 Å². The summed E-state index contributed by atoms with van der Waals surface area (Å²) < 4.78 is 6.20. The Labute approximate surface area is 196 Å². The van der Waals surface area contributed by atoms with Crippen LogP contribution in [0.2, 0.25) is 0 Å². The highest BCUT2D eigenvalue weighted by Crippen LogP contribution is 2.41. The van der Waals surface area contributed by atoms with Gasteiger partial charge in [0.2, 0.25) is 0 Å². The predicted molar refractivity (Wildman–Crippen MR) is 132 cm³/mol. The van der Waals surface area contributed by atoms with Crippen LogP contribution in [0.4, 0.5) is 0 Å².